The van der Waals surface area contributed by atoms with Gasteiger partial charge in [0.25, 0.3) is 0 Å². The van der Waals surface area contributed by atoms with Crippen molar-refractivity contribution in [3.05, 3.63) is 89.0 Å². The quantitative estimate of drug-likeness (QED) is 0.527. The van der Waals surface area contributed by atoms with Crippen molar-refractivity contribution in [1.29, 1.82) is 0 Å². The smallest absolute Gasteiger partial charge is 0.229 e. The molecule has 0 saturated carbocycles. The van der Waals surface area contributed by atoms with Crippen LogP contribution in [0, 0.1) is 26.7 Å². The first kappa shape index (κ1) is 22.2. The van der Waals surface area contributed by atoms with Crippen molar-refractivity contribution >= 4 is 29.3 Å². The Bertz CT molecular complexity index is 1120. The van der Waals surface area contributed by atoms with Gasteiger partial charge in [-0.2, -0.15) is 0 Å². The van der Waals surface area contributed by atoms with Crippen LogP contribution in [0.3, 0.4) is 0 Å². The number of carbonyl (C=O) groups is 2. The fourth-order valence-corrected chi connectivity index (χ4v) is 4.79. The second-order valence-corrected chi connectivity index (χ2v) is 9.66. The summed E-state index contributed by atoms with van der Waals surface area (Å²) in [6.07, 6.45) is 0.262. The number of hydrogen-bond donors (Lipinski definition) is 1. The molecule has 1 atom stereocenters. The summed E-state index contributed by atoms with van der Waals surface area (Å²) in [5.41, 5.74) is 5.55. The fraction of sp³-hybridized carbons (Fsp3) is 0.259. The van der Waals surface area contributed by atoms with Crippen LogP contribution < -0.4 is 5.32 Å². The van der Waals surface area contributed by atoms with Crippen LogP contribution in [0.1, 0.15) is 28.7 Å². The molecule has 4 rings (SSSR count). The van der Waals surface area contributed by atoms with Crippen molar-refractivity contribution in [1.82, 2.24) is 4.90 Å². The lowest BCUT2D eigenvalue weighted by molar-refractivity contribution is -0.128. The molecule has 0 spiro atoms. The minimum Gasteiger partial charge on any atom is -0.338 e. The van der Waals surface area contributed by atoms with Crippen LogP contribution in [0.15, 0.2) is 76.5 Å². The number of hydrogen-bond acceptors (Lipinski definition) is 3. The molecule has 1 N–H and O–H groups in total. The fourth-order valence-electron chi connectivity index (χ4n) is 3.91. The summed E-state index contributed by atoms with van der Waals surface area (Å²) in [5.74, 6) is -0.386. The molecule has 1 unspecified atom stereocenters. The van der Waals surface area contributed by atoms with Gasteiger partial charge in [0.15, 0.2) is 0 Å². The predicted molar refractivity (Wildman–Crippen MR) is 130 cm³/mol. The van der Waals surface area contributed by atoms with Gasteiger partial charge in [0.1, 0.15) is 0 Å². The molecule has 1 saturated heterocycles. The van der Waals surface area contributed by atoms with Gasteiger partial charge in [0.2, 0.25) is 11.8 Å². The number of aryl methyl sites for hydroxylation is 3. The highest BCUT2D eigenvalue weighted by Crippen LogP contribution is 2.31. The highest BCUT2D eigenvalue weighted by Gasteiger charge is 2.34. The Balaban J connectivity index is 1.33. The van der Waals surface area contributed by atoms with Gasteiger partial charge in [-0.3, -0.25) is 9.59 Å². The van der Waals surface area contributed by atoms with Crippen molar-refractivity contribution in [3.8, 4) is 0 Å². The summed E-state index contributed by atoms with van der Waals surface area (Å²) in [5, 5.41) is 2.98. The molecule has 1 fully saturated rings. The standard InChI is InChI=1S/C27H28N2O2S/c1-18-4-7-21(8-5-18)16-29-17-22(15-26(29)30)27(31)28-23-9-11-24(12-10-23)32-25-13-6-19(2)14-20(25)3/h4-14,22H,15-17H2,1-3H3,(H,28,31). The van der Waals surface area contributed by atoms with Crippen molar-refractivity contribution in [2.45, 2.75) is 43.5 Å². The van der Waals surface area contributed by atoms with Crippen molar-refractivity contribution in [3.63, 3.8) is 0 Å². The monoisotopic (exact) mass is 444 g/mol. The summed E-state index contributed by atoms with van der Waals surface area (Å²) in [4.78, 5) is 29.3. The van der Waals surface area contributed by atoms with E-state index >= 15 is 0 Å². The van der Waals surface area contributed by atoms with Crippen LogP contribution in [-0.4, -0.2) is 23.3 Å². The van der Waals surface area contributed by atoms with Crippen LogP contribution in [0.2, 0.25) is 0 Å². The lowest BCUT2D eigenvalue weighted by Crippen LogP contribution is -2.28. The Morgan fingerprint density at radius 2 is 1.66 bits per heavy atom. The number of nitrogens with one attached hydrogen (secondary N) is 1. The molecule has 1 heterocycles. The molecule has 2 amide bonds. The molecule has 32 heavy (non-hydrogen) atoms. The molecule has 0 bridgehead atoms. The molecular weight excluding hydrogens is 416 g/mol. The van der Waals surface area contributed by atoms with Gasteiger partial charge < -0.3 is 10.2 Å². The van der Waals surface area contributed by atoms with Crippen molar-refractivity contribution < 1.29 is 9.59 Å². The van der Waals surface area contributed by atoms with E-state index in [9.17, 15) is 9.59 Å². The zero-order valence-corrected chi connectivity index (χ0v) is 19.5. The van der Waals surface area contributed by atoms with Gasteiger partial charge in [-0.1, -0.05) is 59.3 Å². The first-order valence-corrected chi connectivity index (χ1v) is 11.7. The van der Waals surface area contributed by atoms with Crippen LogP contribution >= 0.6 is 11.8 Å². The molecule has 0 aromatic heterocycles. The Morgan fingerprint density at radius 3 is 2.34 bits per heavy atom. The van der Waals surface area contributed by atoms with Crippen molar-refractivity contribution in [2.75, 3.05) is 11.9 Å². The normalized spacial score (nSPS) is 15.8. The first-order chi connectivity index (χ1) is 15.4. The first-order valence-electron chi connectivity index (χ1n) is 10.9. The lowest BCUT2D eigenvalue weighted by Gasteiger charge is -2.17. The highest BCUT2D eigenvalue weighted by atomic mass is 32.2. The van der Waals surface area contributed by atoms with Crippen LogP contribution in [0.25, 0.3) is 0 Å². The summed E-state index contributed by atoms with van der Waals surface area (Å²) < 4.78 is 0. The molecule has 3 aromatic rings. The van der Waals surface area contributed by atoms with Gasteiger partial charge in [-0.15, -0.1) is 0 Å². The van der Waals surface area contributed by atoms with Gasteiger partial charge in [0.05, 0.1) is 5.92 Å². The number of rotatable bonds is 6. The zero-order chi connectivity index (χ0) is 22.7. The van der Waals surface area contributed by atoms with E-state index in [-0.39, 0.29) is 24.2 Å². The number of carbonyl (C=O) groups excluding carboxylic acids is 2. The molecule has 4 nitrogen and oxygen atoms in total. The van der Waals surface area contributed by atoms with Crippen molar-refractivity contribution in [2.24, 2.45) is 5.92 Å². The Hall–Kier alpha value is -3.05. The molecule has 0 radical (unpaired) electrons. The average Bonchev–Trinajstić information content (AvgIpc) is 3.13. The molecule has 5 heteroatoms. The van der Waals surface area contributed by atoms with E-state index in [0.717, 1.165) is 16.1 Å². The Kier molecular flexibility index (Phi) is 6.66. The second kappa shape index (κ2) is 9.61. The maximum atomic E-state index is 12.8. The maximum Gasteiger partial charge on any atom is 0.229 e. The van der Waals surface area contributed by atoms with E-state index in [1.807, 2.05) is 55.5 Å². The van der Waals surface area contributed by atoms with E-state index in [1.165, 1.54) is 21.6 Å². The zero-order valence-electron chi connectivity index (χ0n) is 18.7. The SMILES string of the molecule is Cc1ccc(CN2CC(C(=O)Nc3ccc(Sc4ccc(C)cc4C)cc3)CC2=O)cc1. The Morgan fingerprint density at radius 1 is 0.969 bits per heavy atom. The predicted octanol–water partition coefficient (Wildman–Crippen LogP) is 5.75. The topological polar surface area (TPSA) is 49.4 Å². The third kappa shape index (κ3) is 5.40. The van der Waals surface area contributed by atoms with E-state index in [0.29, 0.717) is 13.1 Å². The summed E-state index contributed by atoms with van der Waals surface area (Å²) in [6.45, 7) is 7.26. The highest BCUT2D eigenvalue weighted by molar-refractivity contribution is 7.99. The molecular formula is C27H28N2O2S. The van der Waals surface area contributed by atoms with E-state index in [2.05, 4.69) is 37.4 Å². The number of amides is 2. The molecule has 0 aliphatic carbocycles. The minimum absolute atomic E-state index is 0.0333. The van der Waals surface area contributed by atoms with Gasteiger partial charge >= 0.3 is 0 Å². The average molecular weight is 445 g/mol. The second-order valence-electron chi connectivity index (χ2n) is 8.55. The van der Waals surface area contributed by atoms with E-state index < -0.39 is 0 Å². The van der Waals surface area contributed by atoms with Gasteiger partial charge in [-0.25, -0.2) is 0 Å². The third-order valence-corrected chi connectivity index (χ3v) is 6.95. The van der Waals surface area contributed by atoms with Gasteiger partial charge in [-0.05, 0) is 62.2 Å². The number of anilines is 1. The third-order valence-electron chi connectivity index (χ3n) is 5.76. The van der Waals surface area contributed by atoms with Crippen LogP contribution in [-0.2, 0) is 16.1 Å². The number of likely N-dealkylation sites (tertiary alicyclic amines) is 1. The summed E-state index contributed by atoms with van der Waals surface area (Å²) >= 11 is 1.71. The molecule has 164 valence electrons. The summed E-state index contributed by atoms with van der Waals surface area (Å²) in [6, 6.07) is 22.5. The molecule has 1 aliphatic heterocycles. The van der Waals surface area contributed by atoms with Crippen LogP contribution in [0.5, 0.6) is 0 Å². The van der Waals surface area contributed by atoms with E-state index in [1.54, 1.807) is 16.7 Å². The summed E-state index contributed by atoms with van der Waals surface area (Å²) in [7, 11) is 0. The molecule has 3 aromatic carbocycles. The van der Waals surface area contributed by atoms with Gasteiger partial charge in [0, 0.05) is 35.0 Å². The Labute approximate surface area is 194 Å². The van der Waals surface area contributed by atoms with E-state index in [4.69, 9.17) is 0 Å². The molecule has 1 aliphatic rings. The number of nitrogens with zero attached hydrogens (tertiary/aromatic N) is 1. The number of benzene rings is 3. The maximum absolute atomic E-state index is 12.8. The minimum atomic E-state index is -0.322. The van der Waals surface area contributed by atoms with Crippen LogP contribution in [0.4, 0.5) is 5.69 Å². The lowest BCUT2D eigenvalue weighted by atomic mass is 10.1. The largest absolute Gasteiger partial charge is 0.338 e.